The van der Waals surface area contributed by atoms with Gasteiger partial charge in [0.1, 0.15) is 0 Å². The third kappa shape index (κ3) is 2.47. The first-order chi connectivity index (χ1) is 9.61. The molecule has 1 heterocycles. The molecule has 1 fully saturated rings. The van der Waals surface area contributed by atoms with Crippen LogP contribution < -0.4 is 5.73 Å². The molecule has 3 heteroatoms. The molecule has 0 saturated carbocycles. The molecule has 1 aromatic rings. The van der Waals surface area contributed by atoms with Gasteiger partial charge in [-0.2, -0.15) is 0 Å². The van der Waals surface area contributed by atoms with Gasteiger partial charge >= 0.3 is 0 Å². The molecule has 3 rings (SSSR count). The molecule has 0 aromatic heterocycles. The third-order valence-electron chi connectivity index (χ3n) is 5.10. The largest absolute Gasteiger partial charge is 0.339 e. The highest BCUT2D eigenvalue weighted by Crippen LogP contribution is 2.30. The van der Waals surface area contributed by atoms with Gasteiger partial charge in [0.05, 0.1) is 0 Å². The van der Waals surface area contributed by atoms with Crippen LogP contribution in [0.4, 0.5) is 0 Å². The van der Waals surface area contributed by atoms with Gasteiger partial charge in [0.25, 0.3) is 5.91 Å². The highest BCUT2D eigenvalue weighted by molar-refractivity contribution is 5.94. The molecule has 2 aliphatic rings. The van der Waals surface area contributed by atoms with Crippen LogP contribution in [0.25, 0.3) is 0 Å². The van der Waals surface area contributed by atoms with Gasteiger partial charge in [-0.15, -0.1) is 0 Å². The van der Waals surface area contributed by atoms with Crippen molar-refractivity contribution in [1.29, 1.82) is 0 Å². The van der Waals surface area contributed by atoms with Gasteiger partial charge in [-0.3, -0.25) is 4.79 Å². The fourth-order valence-corrected chi connectivity index (χ4v) is 3.34. The van der Waals surface area contributed by atoms with Crippen molar-refractivity contribution in [2.24, 2.45) is 11.1 Å². The number of amides is 1. The Balaban J connectivity index is 1.71. The van der Waals surface area contributed by atoms with Crippen LogP contribution in [0.3, 0.4) is 0 Å². The van der Waals surface area contributed by atoms with Crippen LogP contribution in [0.1, 0.15) is 47.7 Å². The molecule has 20 heavy (non-hydrogen) atoms. The van der Waals surface area contributed by atoms with Crippen LogP contribution in [-0.2, 0) is 12.8 Å². The molecule has 2 N–H and O–H groups in total. The van der Waals surface area contributed by atoms with Crippen molar-refractivity contribution >= 4 is 5.91 Å². The lowest BCUT2D eigenvalue weighted by Crippen LogP contribution is -2.44. The molecule has 3 nitrogen and oxygen atoms in total. The molecule has 1 aliphatic carbocycles. The molecule has 0 unspecified atom stereocenters. The molecule has 1 amide bonds. The zero-order valence-corrected chi connectivity index (χ0v) is 12.3. The number of hydrogen-bond donors (Lipinski definition) is 1. The number of benzene rings is 1. The van der Waals surface area contributed by atoms with Gasteiger partial charge in [0.15, 0.2) is 0 Å². The van der Waals surface area contributed by atoms with E-state index in [0.717, 1.165) is 37.9 Å². The van der Waals surface area contributed by atoms with Crippen LogP contribution in [0.5, 0.6) is 0 Å². The van der Waals surface area contributed by atoms with Crippen molar-refractivity contribution in [3.8, 4) is 0 Å². The minimum atomic E-state index is 0.193. The summed E-state index contributed by atoms with van der Waals surface area (Å²) in [5.74, 6) is 0.193. The molecule has 1 aliphatic heterocycles. The lowest BCUT2D eigenvalue weighted by Gasteiger charge is -2.38. The van der Waals surface area contributed by atoms with E-state index in [0.29, 0.717) is 6.54 Å². The molecule has 108 valence electrons. The van der Waals surface area contributed by atoms with Gasteiger partial charge in [0, 0.05) is 18.7 Å². The Morgan fingerprint density at radius 1 is 1.25 bits per heavy atom. The first-order valence-electron chi connectivity index (χ1n) is 7.72. The minimum Gasteiger partial charge on any atom is -0.339 e. The van der Waals surface area contributed by atoms with Gasteiger partial charge < -0.3 is 10.6 Å². The van der Waals surface area contributed by atoms with Crippen LogP contribution >= 0.6 is 0 Å². The van der Waals surface area contributed by atoms with E-state index in [1.807, 2.05) is 11.0 Å². The van der Waals surface area contributed by atoms with E-state index in [9.17, 15) is 4.79 Å². The first-order valence-corrected chi connectivity index (χ1v) is 7.72. The summed E-state index contributed by atoms with van der Waals surface area (Å²) < 4.78 is 0. The predicted molar refractivity (Wildman–Crippen MR) is 80.8 cm³/mol. The fraction of sp³-hybridized carbons (Fsp3) is 0.588. The normalized spacial score (nSPS) is 20.8. The standard InChI is InChI=1S/C17H24N2O/c1-17(12-18)7-9-19(10-8-17)16(20)15-6-5-13-3-2-4-14(13)11-15/h5-6,11H,2-4,7-10,12,18H2,1H3. The maximum atomic E-state index is 12.6. The molecule has 0 spiro atoms. The Hall–Kier alpha value is -1.35. The summed E-state index contributed by atoms with van der Waals surface area (Å²) in [6.45, 7) is 4.62. The van der Waals surface area contributed by atoms with Crippen LogP contribution in [-0.4, -0.2) is 30.4 Å². The monoisotopic (exact) mass is 272 g/mol. The van der Waals surface area contributed by atoms with Crippen molar-refractivity contribution < 1.29 is 4.79 Å². The number of piperidine rings is 1. The average Bonchev–Trinajstić information content (AvgIpc) is 2.94. The van der Waals surface area contributed by atoms with Crippen molar-refractivity contribution in [3.05, 3.63) is 34.9 Å². The fourth-order valence-electron chi connectivity index (χ4n) is 3.34. The van der Waals surface area contributed by atoms with Gasteiger partial charge in [-0.25, -0.2) is 0 Å². The molecule has 1 saturated heterocycles. The van der Waals surface area contributed by atoms with Gasteiger partial charge in [0.2, 0.25) is 0 Å². The van der Waals surface area contributed by atoms with Crippen molar-refractivity contribution in [1.82, 2.24) is 4.90 Å². The minimum absolute atomic E-state index is 0.193. The van der Waals surface area contributed by atoms with Crippen molar-refractivity contribution in [3.63, 3.8) is 0 Å². The number of nitrogens with zero attached hydrogens (tertiary/aromatic N) is 1. The maximum Gasteiger partial charge on any atom is 0.253 e. The number of fused-ring (bicyclic) bond motifs is 1. The molecule has 0 atom stereocenters. The quantitative estimate of drug-likeness (QED) is 0.898. The number of carbonyl (C=O) groups is 1. The smallest absolute Gasteiger partial charge is 0.253 e. The predicted octanol–water partition coefficient (Wildman–Crippen LogP) is 2.38. The summed E-state index contributed by atoms with van der Waals surface area (Å²) in [5.41, 5.74) is 9.71. The van der Waals surface area contributed by atoms with Crippen LogP contribution in [0, 0.1) is 5.41 Å². The van der Waals surface area contributed by atoms with E-state index in [1.54, 1.807) is 0 Å². The number of likely N-dealkylation sites (tertiary alicyclic amines) is 1. The number of nitrogens with two attached hydrogens (primary N) is 1. The van der Waals surface area contributed by atoms with Gasteiger partial charge in [-0.05, 0) is 67.3 Å². The number of carbonyl (C=O) groups excluding carboxylic acids is 1. The summed E-state index contributed by atoms with van der Waals surface area (Å²) in [4.78, 5) is 14.6. The lowest BCUT2D eigenvalue weighted by atomic mass is 9.80. The first kappa shape index (κ1) is 13.6. The van der Waals surface area contributed by atoms with Crippen LogP contribution in [0.15, 0.2) is 18.2 Å². The lowest BCUT2D eigenvalue weighted by molar-refractivity contribution is 0.0617. The van der Waals surface area contributed by atoms with Crippen molar-refractivity contribution in [2.45, 2.75) is 39.0 Å². The molecule has 1 aromatic carbocycles. The SMILES string of the molecule is CC1(CN)CCN(C(=O)c2ccc3c(c2)CCC3)CC1. The van der Waals surface area contributed by atoms with E-state index >= 15 is 0 Å². The highest BCUT2D eigenvalue weighted by Gasteiger charge is 2.31. The molecule has 0 radical (unpaired) electrons. The Kier molecular flexibility index (Phi) is 3.55. The second-order valence-corrected chi connectivity index (χ2v) is 6.64. The Morgan fingerprint density at radius 3 is 2.65 bits per heavy atom. The topological polar surface area (TPSA) is 46.3 Å². The van der Waals surface area contributed by atoms with E-state index < -0.39 is 0 Å². The van der Waals surface area contributed by atoms with E-state index in [1.165, 1.54) is 24.0 Å². The van der Waals surface area contributed by atoms with Crippen LogP contribution in [0.2, 0.25) is 0 Å². The number of hydrogen-bond acceptors (Lipinski definition) is 2. The van der Waals surface area contributed by atoms with Crippen molar-refractivity contribution in [2.75, 3.05) is 19.6 Å². The zero-order valence-electron chi connectivity index (χ0n) is 12.3. The third-order valence-corrected chi connectivity index (χ3v) is 5.10. The Morgan fingerprint density at radius 2 is 1.95 bits per heavy atom. The molecular weight excluding hydrogens is 248 g/mol. The summed E-state index contributed by atoms with van der Waals surface area (Å²) in [5, 5.41) is 0. The maximum absolute atomic E-state index is 12.6. The summed E-state index contributed by atoms with van der Waals surface area (Å²) >= 11 is 0. The van der Waals surface area contributed by atoms with E-state index in [2.05, 4.69) is 19.1 Å². The summed E-state index contributed by atoms with van der Waals surface area (Å²) in [6, 6.07) is 6.26. The van der Waals surface area contributed by atoms with E-state index in [4.69, 9.17) is 5.73 Å². The van der Waals surface area contributed by atoms with Gasteiger partial charge in [-0.1, -0.05) is 13.0 Å². The highest BCUT2D eigenvalue weighted by atomic mass is 16.2. The van der Waals surface area contributed by atoms with E-state index in [-0.39, 0.29) is 11.3 Å². The Labute approximate surface area is 121 Å². The number of aryl methyl sites for hydroxylation is 2. The second-order valence-electron chi connectivity index (χ2n) is 6.64. The molecule has 0 bridgehead atoms. The Bertz CT molecular complexity index is 516. The summed E-state index contributed by atoms with van der Waals surface area (Å²) in [7, 11) is 0. The molecular formula is C17H24N2O. The second kappa shape index (κ2) is 5.21. The average molecular weight is 272 g/mol. The number of rotatable bonds is 2. The zero-order chi connectivity index (χ0) is 14.2. The summed E-state index contributed by atoms with van der Waals surface area (Å²) in [6.07, 6.45) is 5.55.